The van der Waals surface area contributed by atoms with Crippen molar-refractivity contribution in [2.24, 2.45) is 5.92 Å². The van der Waals surface area contributed by atoms with Crippen LogP contribution in [0.15, 0.2) is 77.7 Å². The van der Waals surface area contributed by atoms with Gasteiger partial charge in [0.1, 0.15) is 12.4 Å². The van der Waals surface area contributed by atoms with Crippen molar-refractivity contribution in [2.75, 3.05) is 38.6 Å². The van der Waals surface area contributed by atoms with Gasteiger partial charge in [-0.15, -0.1) is 0 Å². The molecule has 9 heteroatoms. The van der Waals surface area contributed by atoms with Crippen molar-refractivity contribution >= 4 is 21.6 Å². The smallest absolute Gasteiger partial charge is 0.261 e. The molecule has 1 heterocycles. The van der Waals surface area contributed by atoms with E-state index in [1.54, 1.807) is 55.5 Å². The molecule has 1 amide bonds. The van der Waals surface area contributed by atoms with Gasteiger partial charge in [0.2, 0.25) is 0 Å². The molecule has 8 nitrogen and oxygen atoms in total. The molecule has 202 valence electrons. The van der Waals surface area contributed by atoms with E-state index < -0.39 is 10.0 Å². The lowest BCUT2D eigenvalue weighted by molar-refractivity contribution is 0.0281. The highest BCUT2D eigenvalue weighted by Gasteiger charge is 2.26. The van der Waals surface area contributed by atoms with E-state index >= 15 is 0 Å². The SMILES string of the molecule is CO[C@@H]1CN(C)C(=O)c2cc(NS(=O)(=O)c3ccc(-c4ccccc4)cc3)ccc2OC[C@H](C)NC[C@@H]1C. The first kappa shape index (κ1) is 27.6. The third-order valence-corrected chi connectivity index (χ3v) is 8.15. The number of ether oxygens (including phenoxy) is 2. The summed E-state index contributed by atoms with van der Waals surface area (Å²) in [5, 5.41) is 3.45. The van der Waals surface area contributed by atoms with E-state index in [1.807, 2.05) is 37.3 Å². The van der Waals surface area contributed by atoms with Gasteiger partial charge in [0.05, 0.1) is 16.6 Å². The second-order valence-corrected chi connectivity index (χ2v) is 11.4. The molecule has 3 atom stereocenters. The molecule has 0 aromatic heterocycles. The number of anilines is 1. The van der Waals surface area contributed by atoms with Crippen LogP contribution in [0, 0.1) is 5.92 Å². The summed E-state index contributed by atoms with van der Waals surface area (Å²) in [6, 6.07) is 21.2. The Morgan fingerprint density at radius 3 is 2.37 bits per heavy atom. The molecule has 0 spiro atoms. The fourth-order valence-corrected chi connectivity index (χ4v) is 5.44. The van der Waals surface area contributed by atoms with Crippen LogP contribution < -0.4 is 14.8 Å². The highest BCUT2D eigenvalue weighted by molar-refractivity contribution is 7.92. The Kier molecular flexibility index (Phi) is 8.71. The maximum absolute atomic E-state index is 13.5. The van der Waals surface area contributed by atoms with E-state index in [4.69, 9.17) is 9.47 Å². The highest BCUT2D eigenvalue weighted by atomic mass is 32.2. The van der Waals surface area contributed by atoms with E-state index in [2.05, 4.69) is 17.0 Å². The fourth-order valence-electron chi connectivity index (χ4n) is 4.40. The Labute approximate surface area is 225 Å². The lowest BCUT2D eigenvalue weighted by Crippen LogP contribution is -2.44. The van der Waals surface area contributed by atoms with Crippen molar-refractivity contribution in [1.82, 2.24) is 10.2 Å². The largest absolute Gasteiger partial charge is 0.491 e. The van der Waals surface area contributed by atoms with Crippen LogP contribution in [-0.4, -0.2) is 65.2 Å². The zero-order chi connectivity index (χ0) is 27.3. The molecular weight excluding hydrogens is 502 g/mol. The molecule has 2 N–H and O–H groups in total. The zero-order valence-corrected chi connectivity index (χ0v) is 23.0. The molecule has 0 saturated heterocycles. The Morgan fingerprint density at radius 1 is 1.00 bits per heavy atom. The van der Waals surface area contributed by atoms with Crippen LogP contribution in [0.2, 0.25) is 0 Å². The Bertz CT molecular complexity index is 1350. The molecule has 0 fully saturated rings. The maximum Gasteiger partial charge on any atom is 0.261 e. The van der Waals surface area contributed by atoms with Gasteiger partial charge in [-0.25, -0.2) is 8.42 Å². The molecule has 0 bridgehead atoms. The fraction of sp³-hybridized carbons (Fsp3) is 0.345. The topological polar surface area (TPSA) is 97.0 Å². The van der Waals surface area contributed by atoms with Crippen molar-refractivity contribution in [3.8, 4) is 16.9 Å². The van der Waals surface area contributed by atoms with Crippen LogP contribution in [0.3, 0.4) is 0 Å². The number of sulfonamides is 1. The summed E-state index contributed by atoms with van der Waals surface area (Å²) in [5.74, 6) is 0.292. The van der Waals surface area contributed by atoms with Gasteiger partial charge in [0.15, 0.2) is 0 Å². The van der Waals surface area contributed by atoms with Crippen LogP contribution in [-0.2, 0) is 14.8 Å². The predicted octanol–water partition coefficient (Wildman–Crippen LogP) is 4.25. The van der Waals surface area contributed by atoms with E-state index in [0.29, 0.717) is 18.9 Å². The molecule has 1 aliphatic rings. The van der Waals surface area contributed by atoms with Gasteiger partial charge < -0.3 is 19.7 Å². The van der Waals surface area contributed by atoms with Gasteiger partial charge >= 0.3 is 0 Å². The number of carbonyl (C=O) groups excluding carboxylic acids is 1. The normalized spacial score (nSPS) is 21.0. The van der Waals surface area contributed by atoms with E-state index in [1.165, 1.54) is 6.07 Å². The summed E-state index contributed by atoms with van der Waals surface area (Å²) in [4.78, 5) is 15.2. The average molecular weight is 538 g/mol. The minimum Gasteiger partial charge on any atom is -0.491 e. The van der Waals surface area contributed by atoms with Crippen LogP contribution in [0.1, 0.15) is 24.2 Å². The summed E-state index contributed by atoms with van der Waals surface area (Å²) in [6.45, 7) is 5.55. The first-order valence-electron chi connectivity index (χ1n) is 12.6. The predicted molar refractivity (Wildman–Crippen MR) is 149 cm³/mol. The molecule has 1 aliphatic heterocycles. The number of hydrogen-bond donors (Lipinski definition) is 2. The number of fused-ring (bicyclic) bond motifs is 1. The first-order chi connectivity index (χ1) is 18.2. The molecule has 4 rings (SSSR count). The van der Waals surface area contributed by atoms with Crippen LogP contribution in [0.5, 0.6) is 5.75 Å². The van der Waals surface area contributed by atoms with Crippen molar-refractivity contribution in [3.63, 3.8) is 0 Å². The number of benzene rings is 3. The number of nitrogens with zero attached hydrogens (tertiary/aromatic N) is 1. The molecule has 38 heavy (non-hydrogen) atoms. The molecular formula is C29H35N3O5S. The Balaban J connectivity index is 1.60. The highest BCUT2D eigenvalue weighted by Crippen LogP contribution is 2.28. The quantitative estimate of drug-likeness (QED) is 0.505. The Hall–Kier alpha value is -3.40. The number of carbonyl (C=O) groups is 1. The average Bonchev–Trinajstić information content (AvgIpc) is 2.93. The van der Waals surface area contributed by atoms with Gasteiger partial charge in [-0.1, -0.05) is 49.4 Å². The van der Waals surface area contributed by atoms with Crippen LogP contribution in [0.4, 0.5) is 5.69 Å². The zero-order valence-electron chi connectivity index (χ0n) is 22.2. The van der Waals surface area contributed by atoms with Gasteiger partial charge in [0, 0.05) is 39.0 Å². The van der Waals surface area contributed by atoms with E-state index in [0.717, 1.165) is 17.7 Å². The number of hydrogen-bond acceptors (Lipinski definition) is 6. The first-order valence-corrected chi connectivity index (χ1v) is 14.1. The molecule has 3 aromatic carbocycles. The van der Waals surface area contributed by atoms with Gasteiger partial charge in [-0.05, 0) is 54.3 Å². The second kappa shape index (κ2) is 12.0. The van der Waals surface area contributed by atoms with E-state index in [9.17, 15) is 13.2 Å². The van der Waals surface area contributed by atoms with Gasteiger partial charge in [0.25, 0.3) is 15.9 Å². The summed E-state index contributed by atoms with van der Waals surface area (Å²) in [5.41, 5.74) is 2.47. The monoisotopic (exact) mass is 537 g/mol. The molecule has 0 aliphatic carbocycles. The maximum atomic E-state index is 13.5. The minimum atomic E-state index is -3.88. The molecule has 3 aromatic rings. The standard InChI is InChI=1S/C29H35N3O5S/c1-20-17-30-21(2)19-37-27-15-12-24(16-26(27)29(33)32(3)18-28(20)36-4)31-38(34,35)25-13-10-23(11-14-25)22-8-6-5-7-9-22/h5-16,20-21,28,30-31H,17-19H2,1-4H3/t20-,21-,28+/m0/s1. The van der Waals surface area contributed by atoms with Crippen molar-refractivity contribution in [2.45, 2.75) is 30.9 Å². The minimum absolute atomic E-state index is 0.0482. The number of amides is 1. The summed E-state index contributed by atoms with van der Waals surface area (Å²) >= 11 is 0. The lowest BCUT2D eigenvalue weighted by atomic mass is 10.0. The third kappa shape index (κ3) is 6.53. The number of likely N-dealkylation sites (N-methyl/N-ethyl adjacent to an activating group) is 1. The number of rotatable bonds is 5. The second-order valence-electron chi connectivity index (χ2n) is 9.76. The third-order valence-electron chi connectivity index (χ3n) is 6.75. The summed E-state index contributed by atoms with van der Waals surface area (Å²) in [6.07, 6.45) is -0.159. The van der Waals surface area contributed by atoms with Crippen LogP contribution >= 0.6 is 0 Å². The van der Waals surface area contributed by atoms with Crippen molar-refractivity contribution in [1.29, 1.82) is 0 Å². The van der Waals surface area contributed by atoms with Gasteiger partial charge in [-0.3, -0.25) is 9.52 Å². The molecule has 0 radical (unpaired) electrons. The van der Waals surface area contributed by atoms with Crippen molar-refractivity contribution < 1.29 is 22.7 Å². The molecule has 0 unspecified atom stereocenters. The summed E-state index contributed by atoms with van der Waals surface area (Å²) in [7, 11) is -0.534. The number of nitrogens with one attached hydrogen (secondary N) is 2. The number of methoxy groups -OCH3 is 1. The lowest BCUT2D eigenvalue weighted by Gasteiger charge is -2.30. The van der Waals surface area contributed by atoms with Gasteiger partial charge in [-0.2, -0.15) is 0 Å². The molecule has 0 saturated carbocycles. The Morgan fingerprint density at radius 2 is 1.68 bits per heavy atom. The summed E-state index contributed by atoms with van der Waals surface area (Å²) < 4.78 is 40.6. The van der Waals surface area contributed by atoms with Crippen LogP contribution in [0.25, 0.3) is 11.1 Å². The van der Waals surface area contributed by atoms with Crippen molar-refractivity contribution in [3.05, 3.63) is 78.4 Å². The van der Waals surface area contributed by atoms with E-state index in [-0.39, 0.29) is 40.1 Å².